The molecular weight excluding hydrogens is 469 g/mol. The molecule has 0 spiro atoms. The number of imidazole rings is 1. The fourth-order valence-electron chi connectivity index (χ4n) is 2.79. The van der Waals surface area contributed by atoms with Gasteiger partial charge in [0.15, 0.2) is 0 Å². The number of nitrogens with zero attached hydrogens (tertiary/aromatic N) is 2. The number of rotatable bonds is 9. The molecule has 32 heavy (non-hydrogen) atoms. The van der Waals surface area contributed by atoms with Crippen LogP contribution >= 0.6 is 0 Å². The zero-order valence-electron chi connectivity index (χ0n) is 16.4. The van der Waals surface area contributed by atoms with Crippen LogP contribution in [-0.4, -0.2) is 32.9 Å². The minimum atomic E-state index is -4.73. The van der Waals surface area contributed by atoms with Crippen molar-refractivity contribution in [1.29, 1.82) is 0 Å². The molecule has 0 fully saturated rings. The fraction of sp³-hybridized carbons (Fsp3) is 0.211. The van der Waals surface area contributed by atoms with Crippen LogP contribution in [0, 0.1) is 0 Å². The van der Waals surface area contributed by atoms with Crippen molar-refractivity contribution >= 4 is 25.7 Å². The molecule has 0 saturated heterocycles. The van der Waals surface area contributed by atoms with E-state index in [1.54, 1.807) is 23.3 Å². The molecule has 0 radical (unpaired) electrons. The monoisotopic (exact) mass is 488 g/mol. The number of anilines is 1. The molecule has 172 valence electrons. The third kappa shape index (κ3) is 5.87. The average Bonchev–Trinajstić information content (AvgIpc) is 3.24. The Morgan fingerprint density at radius 1 is 0.969 bits per heavy atom. The highest BCUT2D eigenvalue weighted by Crippen LogP contribution is 2.31. The third-order valence-electron chi connectivity index (χ3n) is 4.34. The molecule has 2 aromatic carbocycles. The average molecular weight is 489 g/mol. The number of hydrogen-bond acceptors (Lipinski definition) is 5. The normalized spacial score (nSPS) is 12.6. The summed E-state index contributed by atoms with van der Waals surface area (Å²) in [6.45, 7) is 0.599. The number of aryl methyl sites for hydroxylation is 1. The van der Waals surface area contributed by atoms with Gasteiger partial charge in [-0.15, -0.1) is 0 Å². The molecule has 0 unspecified atom stereocenters. The molecule has 1 aromatic heterocycles. The van der Waals surface area contributed by atoms with E-state index in [0.717, 1.165) is 18.2 Å². The van der Waals surface area contributed by atoms with Crippen LogP contribution in [0.4, 0.5) is 18.9 Å². The molecule has 0 aliphatic rings. The number of benzene rings is 2. The zero-order chi connectivity index (χ0) is 23.4. The summed E-state index contributed by atoms with van der Waals surface area (Å²) in [6, 6.07) is 8.39. The van der Waals surface area contributed by atoms with Crippen LogP contribution in [0.25, 0.3) is 0 Å². The second-order valence-corrected chi connectivity index (χ2v) is 10.1. The van der Waals surface area contributed by atoms with Crippen LogP contribution in [0.1, 0.15) is 12.0 Å². The maximum atomic E-state index is 12.9. The van der Waals surface area contributed by atoms with Crippen molar-refractivity contribution in [2.24, 2.45) is 0 Å². The second kappa shape index (κ2) is 9.30. The third-order valence-corrected chi connectivity index (χ3v) is 7.22. The van der Waals surface area contributed by atoms with Crippen LogP contribution in [0.2, 0.25) is 0 Å². The van der Waals surface area contributed by atoms with Crippen molar-refractivity contribution in [1.82, 2.24) is 14.3 Å². The Morgan fingerprint density at radius 3 is 2.41 bits per heavy atom. The lowest BCUT2D eigenvalue weighted by Gasteiger charge is -2.14. The van der Waals surface area contributed by atoms with Crippen molar-refractivity contribution in [3.63, 3.8) is 0 Å². The minimum absolute atomic E-state index is 0.0786. The van der Waals surface area contributed by atoms with E-state index >= 15 is 0 Å². The van der Waals surface area contributed by atoms with Gasteiger partial charge in [-0.2, -0.15) is 13.2 Å². The van der Waals surface area contributed by atoms with Crippen molar-refractivity contribution in [3.05, 3.63) is 72.8 Å². The summed E-state index contributed by atoms with van der Waals surface area (Å²) in [6.07, 6.45) is 0.636. The van der Waals surface area contributed by atoms with Gasteiger partial charge in [0.05, 0.1) is 22.5 Å². The molecule has 0 amide bonds. The summed E-state index contributed by atoms with van der Waals surface area (Å²) in [5.74, 6) is 0. The first-order chi connectivity index (χ1) is 15.0. The SMILES string of the molecule is O=S(=O)(Nc1ccccc1S(=O)(=O)NCCCn1ccnc1)c1cccc(C(F)(F)F)c1. The predicted octanol–water partition coefficient (Wildman–Crippen LogP) is 3.07. The van der Waals surface area contributed by atoms with Gasteiger partial charge in [-0.25, -0.2) is 26.5 Å². The van der Waals surface area contributed by atoms with Crippen molar-refractivity contribution < 1.29 is 30.0 Å². The van der Waals surface area contributed by atoms with E-state index in [-0.39, 0.29) is 17.1 Å². The summed E-state index contributed by atoms with van der Waals surface area (Å²) in [7, 11) is -8.59. The number of aromatic nitrogens is 2. The first-order valence-electron chi connectivity index (χ1n) is 9.23. The van der Waals surface area contributed by atoms with Crippen LogP contribution < -0.4 is 9.44 Å². The van der Waals surface area contributed by atoms with Crippen molar-refractivity contribution in [3.8, 4) is 0 Å². The van der Waals surface area contributed by atoms with Gasteiger partial charge in [-0.3, -0.25) is 4.72 Å². The largest absolute Gasteiger partial charge is 0.416 e. The number of hydrogen-bond donors (Lipinski definition) is 2. The Balaban J connectivity index is 1.78. The summed E-state index contributed by atoms with van der Waals surface area (Å²) in [5, 5.41) is 0. The smallest absolute Gasteiger partial charge is 0.337 e. The Kier molecular flexibility index (Phi) is 6.91. The summed E-state index contributed by atoms with van der Waals surface area (Å²) < 4.78 is 95.7. The first-order valence-corrected chi connectivity index (χ1v) is 12.2. The maximum Gasteiger partial charge on any atom is 0.416 e. The quantitative estimate of drug-likeness (QED) is 0.450. The summed E-state index contributed by atoms with van der Waals surface area (Å²) in [5.41, 5.74) is -1.42. The predicted molar refractivity (Wildman–Crippen MR) is 111 cm³/mol. The number of sulfonamides is 2. The highest BCUT2D eigenvalue weighted by atomic mass is 32.2. The van der Waals surface area contributed by atoms with Gasteiger partial charge in [0.25, 0.3) is 10.0 Å². The zero-order valence-corrected chi connectivity index (χ0v) is 18.1. The molecule has 8 nitrogen and oxygen atoms in total. The minimum Gasteiger partial charge on any atom is -0.337 e. The van der Waals surface area contributed by atoms with Crippen LogP contribution in [-0.2, 0) is 32.8 Å². The second-order valence-electron chi connectivity index (χ2n) is 6.68. The molecule has 0 aliphatic heterocycles. The van der Waals surface area contributed by atoms with Gasteiger partial charge < -0.3 is 4.57 Å². The first kappa shape index (κ1) is 23.8. The molecule has 3 rings (SSSR count). The topological polar surface area (TPSA) is 110 Å². The number of halogens is 3. The molecule has 2 N–H and O–H groups in total. The lowest BCUT2D eigenvalue weighted by molar-refractivity contribution is -0.137. The van der Waals surface area contributed by atoms with E-state index < -0.39 is 36.7 Å². The lowest BCUT2D eigenvalue weighted by Crippen LogP contribution is -2.27. The molecule has 0 atom stereocenters. The maximum absolute atomic E-state index is 12.9. The van der Waals surface area contributed by atoms with E-state index in [2.05, 4.69) is 14.4 Å². The Hall–Kier alpha value is -2.90. The molecule has 13 heteroatoms. The van der Waals surface area contributed by atoms with E-state index in [9.17, 15) is 30.0 Å². The van der Waals surface area contributed by atoms with Gasteiger partial charge in [-0.05, 0) is 36.8 Å². The van der Waals surface area contributed by atoms with Crippen molar-refractivity contribution in [2.75, 3.05) is 11.3 Å². The Morgan fingerprint density at radius 2 is 1.72 bits per heavy atom. The highest BCUT2D eigenvalue weighted by molar-refractivity contribution is 7.93. The molecular formula is C19H19F3N4O4S2. The lowest BCUT2D eigenvalue weighted by atomic mass is 10.2. The standard InChI is InChI=1S/C19H19F3N4O4S2/c20-19(21,22)15-5-3-6-16(13-15)31(27,28)25-17-7-1-2-8-18(17)32(29,30)24-9-4-11-26-12-10-23-14-26/h1-3,5-8,10,12-14,24-25H,4,9,11H2. The van der Waals surface area contributed by atoms with Gasteiger partial charge >= 0.3 is 6.18 Å². The van der Waals surface area contributed by atoms with Gasteiger partial charge in [0.1, 0.15) is 4.90 Å². The molecule has 1 heterocycles. The number of para-hydroxylation sites is 1. The molecule has 0 aliphatic carbocycles. The van der Waals surface area contributed by atoms with E-state index in [0.29, 0.717) is 19.0 Å². The van der Waals surface area contributed by atoms with Crippen LogP contribution in [0.5, 0.6) is 0 Å². The molecule has 0 bridgehead atoms. The summed E-state index contributed by atoms with van der Waals surface area (Å²) >= 11 is 0. The van der Waals surface area contributed by atoms with E-state index in [1.165, 1.54) is 24.3 Å². The Bertz CT molecular complexity index is 1280. The van der Waals surface area contributed by atoms with E-state index in [1.807, 2.05) is 0 Å². The Labute approximate surface area is 183 Å². The highest BCUT2D eigenvalue weighted by Gasteiger charge is 2.32. The number of nitrogens with one attached hydrogen (secondary N) is 2. The van der Waals surface area contributed by atoms with Crippen LogP contribution in [0.3, 0.4) is 0 Å². The van der Waals surface area contributed by atoms with Gasteiger partial charge in [0.2, 0.25) is 10.0 Å². The van der Waals surface area contributed by atoms with Gasteiger partial charge in [-0.1, -0.05) is 18.2 Å². The van der Waals surface area contributed by atoms with Crippen molar-refractivity contribution in [2.45, 2.75) is 28.9 Å². The molecule has 0 saturated carbocycles. The number of alkyl halides is 3. The van der Waals surface area contributed by atoms with Crippen LogP contribution in [0.15, 0.2) is 77.0 Å². The van der Waals surface area contributed by atoms with Gasteiger partial charge in [0, 0.05) is 25.5 Å². The molecule has 3 aromatic rings. The fourth-order valence-corrected chi connectivity index (χ4v) is 5.22. The summed E-state index contributed by atoms with van der Waals surface area (Å²) in [4.78, 5) is 2.89. The van der Waals surface area contributed by atoms with E-state index in [4.69, 9.17) is 0 Å².